The predicted molar refractivity (Wildman–Crippen MR) is 93.7 cm³/mol. The van der Waals surface area contributed by atoms with Gasteiger partial charge in [0.25, 0.3) is 0 Å². The number of hydrogen-bond donors (Lipinski definition) is 3. The monoisotopic (exact) mass is 325 g/mol. The first kappa shape index (κ1) is 15.8. The zero-order valence-electron chi connectivity index (χ0n) is 13.3. The van der Waals surface area contributed by atoms with E-state index >= 15 is 0 Å². The van der Waals surface area contributed by atoms with Crippen LogP contribution in [0.25, 0.3) is 16.8 Å². The quantitative estimate of drug-likeness (QED) is 0.205. The fourth-order valence-electron chi connectivity index (χ4n) is 2.35. The van der Waals surface area contributed by atoms with Gasteiger partial charge in [0.2, 0.25) is 0 Å². The van der Waals surface area contributed by atoms with Crippen molar-refractivity contribution in [3.8, 4) is 11.1 Å². The number of nitrogens with two attached hydrogens (primary N) is 2. The molecule has 3 aromatic rings. The molecule has 0 aliphatic rings. The minimum Gasteiger partial charge on any atom is -0.383 e. The summed E-state index contributed by atoms with van der Waals surface area (Å²) >= 11 is 0. The van der Waals surface area contributed by atoms with Crippen molar-refractivity contribution in [2.24, 2.45) is 16.7 Å². The number of aromatic nitrogens is 3. The summed E-state index contributed by atoms with van der Waals surface area (Å²) in [4.78, 5) is 4.62. The number of rotatable bonds is 6. The van der Waals surface area contributed by atoms with E-state index in [1.807, 2.05) is 36.5 Å². The van der Waals surface area contributed by atoms with Gasteiger partial charge in [-0.1, -0.05) is 24.3 Å². The zero-order valence-corrected chi connectivity index (χ0v) is 13.3. The smallest absolute Gasteiger partial charge is 0.165 e. The molecule has 8 nitrogen and oxygen atoms in total. The molecule has 24 heavy (non-hydrogen) atoms. The predicted octanol–water partition coefficient (Wildman–Crippen LogP) is 1.03. The Kier molecular flexibility index (Phi) is 4.57. The number of nitrogens with one attached hydrogen (secondary N) is 1. The molecular formula is C16H19N7O. The number of hydrazone groups is 1. The molecule has 8 heteroatoms. The Hall–Kier alpha value is -3.13. The van der Waals surface area contributed by atoms with E-state index in [0.717, 1.165) is 28.2 Å². The molecule has 0 bridgehead atoms. The standard InChI is InChI=1S/C16H19N7O/c1-24-9-7-19-14-6-8-23-16(21-14)13(10-20-23)11-2-4-12(5-3-11)15(17)22-18/h2-6,8,10H,7,9,18H2,1H3,(H2,17,22)(H,19,21). The van der Waals surface area contributed by atoms with Crippen molar-refractivity contribution in [1.82, 2.24) is 14.6 Å². The summed E-state index contributed by atoms with van der Waals surface area (Å²) in [5.41, 5.74) is 9.17. The van der Waals surface area contributed by atoms with E-state index in [4.69, 9.17) is 16.3 Å². The van der Waals surface area contributed by atoms with Crippen molar-refractivity contribution in [1.29, 1.82) is 0 Å². The number of amidine groups is 1. The molecule has 0 aliphatic carbocycles. The van der Waals surface area contributed by atoms with Crippen molar-refractivity contribution in [2.45, 2.75) is 0 Å². The SMILES string of the molecule is COCCNc1ccn2ncc(-c3ccc(C(N)=NN)cc3)c2n1. The number of benzene rings is 1. The van der Waals surface area contributed by atoms with Crippen LogP contribution in [0.2, 0.25) is 0 Å². The van der Waals surface area contributed by atoms with Crippen LogP contribution in [0, 0.1) is 0 Å². The summed E-state index contributed by atoms with van der Waals surface area (Å²) in [6.45, 7) is 1.31. The van der Waals surface area contributed by atoms with Crippen LogP contribution in [-0.2, 0) is 4.74 Å². The summed E-state index contributed by atoms with van der Waals surface area (Å²) in [7, 11) is 1.67. The molecule has 0 radical (unpaired) electrons. The van der Waals surface area contributed by atoms with Crippen LogP contribution in [0.1, 0.15) is 5.56 Å². The number of methoxy groups -OCH3 is 1. The highest BCUT2D eigenvalue weighted by molar-refractivity contribution is 5.97. The molecule has 0 saturated heterocycles. The average molecular weight is 325 g/mol. The van der Waals surface area contributed by atoms with E-state index in [9.17, 15) is 0 Å². The molecule has 5 N–H and O–H groups in total. The van der Waals surface area contributed by atoms with Gasteiger partial charge in [0.05, 0.1) is 12.8 Å². The van der Waals surface area contributed by atoms with Gasteiger partial charge >= 0.3 is 0 Å². The maximum absolute atomic E-state index is 5.71. The third-order valence-electron chi connectivity index (χ3n) is 3.61. The Labute approximate surface area is 139 Å². The van der Waals surface area contributed by atoms with Gasteiger partial charge in [-0.25, -0.2) is 9.50 Å². The third kappa shape index (κ3) is 3.13. The largest absolute Gasteiger partial charge is 0.383 e. The molecule has 0 spiro atoms. The van der Waals surface area contributed by atoms with Gasteiger partial charge < -0.3 is 21.6 Å². The topological polar surface area (TPSA) is 116 Å². The Morgan fingerprint density at radius 3 is 2.79 bits per heavy atom. The highest BCUT2D eigenvalue weighted by atomic mass is 16.5. The highest BCUT2D eigenvalue weighted by Gasteiger charge is 2.09. The number of hydrogen-bond acceptors (Lipinski definition) is 6. The van der Waals surface area contributed by atoms with E-state index in [2.05, 4.69) is 20.5 Å². The maximum atomic E-state index is 5.71. The van der Waals surface area contributed by atoms with Crippen LogP contribution < -0.4 is 16.9 Å². The van der Waals surface area contributed by atoms with Crippen molar-refractivity contribution >= 4 is 17.3 Å². The molecule has 2 heterocycles. The van der Waals surface area contributed by atoms with Crippen LogP contribution in [0.3, 0.4) is 0 Å². The number of fused-ring (bicyclic) bond motifs is 1. The van der Waals surface area contributed by atoms with Crippen molar-refractivity contribution in [2.75, 3.05) is 25.6 Å². The molecule has 0 atom stereocenters. The first-order valence-electron chi connectivity index (χ1n) is 7.44. The first-order valence-corrected chi connectivity index (χ1v) is 7.44. The number of anilines is 1. The molecular weight excluding hydrogens is 306 g/mol. The van der Waals surface area contributed by atoms with Gasteiger partial charge in [-0.3, -0.25) is 0 Å². The molecule has 0 fully saturated rings. The molecule has 124 valence electrons. The molecule has 0 amide bonds. The summed E-state index contributed by atoms with van der Waals surface area (Å²) in [5, 5.41) is 11.0. The van der Waals surface area contributed by atoms with E-state index < -0.39 is 0 Å². The van der Waals surface area contributed by atoms with E-state index in [-0.39, 0.29) is 0 Å². The van der Waals surface area contributed by atoms with Crippen molar-refractivity contribution < 1.29 is 4.74 Å². The second kappa shape index (κ2) is 6.97. The summed E-state index contributed by atoms with van der Waals surface area (Å²) in [5.74, 6) is 6.27. The lowest BCUT2D eigenvalue weighted by Crippen LogP contribution is -2.15. The average Bonchev–Trinajstić information content (AvgIpc) is 3.04. The highest BCUT2D eigenvalue weighted by Crippen LogP contribution is 2.24. The normalized spacial score (nSPS) is 11.8. The van der Waals surface area contributed by atoms with Gasteiger partial charge in [0.15, 0.2) is 5.65 Å². The second-order valence-corrected chi connectivity index (χ2v) is 5.15. The maximum Gasteiger partial charge on any atom is 0.165 e. The van der Waals surface area contributed by atoms with Crippen LogP contribution in [0.4, 0.5) is 5.82 Å². The Morgan fingerprint density at radius 1 is 1.29 bits per heavy atom. The minimum absolute atomic E-state index is 0.296. The third-order valence-corrected chi connectivity index (χ3v) is 3.61. The molecule has 0 saturated carbocycles. The number of ether oxygens (including phenoxy) is 1. The molecule has 0 unspecified atom stereocenters. The Bertz CT molecular complexity index is 854. The summed E-state index contributed by atoms with van der Waals surface area (Å²) in [6.07, 6.45) is 3.66. The minimum atomic E-state index is 0.296. The van der Waals surface area contributed by atoms with Crippen LogP contribution in [0.15, 0.2) is 47.8 Å². The fourth-order valence-corrected chi connectivity index (χ4v) is 2.35. The summed E-state index contributed by atoms with van der Waals surface area (Å²) in [6, 6.07) is 9.49. The van der Waals surface area contributed by atoms with E-state index in [1.165, 1.54) is 0 Å². The lowest BCUT2D eigenvalue weighted by molar-refractivity contribution is 0.210. The number of nitrogens with zero attached hydrogens (tertiary/aromatic N) is 4. The van der Waals surface area contributed by atoms with Crippen molar-refractivity contribution in [3.05, 3.63) is 48.3 Å². The van der Waals surface area contributed by atoms with Crippen LogP contribution >= 0.6 is 0 Å². The lowest BCUT2D eigenvalue weighted by atomic mass is 10.1. The first-order chi connectivity index (χ1) is 11.7. The van der Waals surface area contributed by atoms with Gasteiger partial charge in [0.1, 0.15) is 11.7 Å². The van der Waals surface area contributed by atoms with E-state index in [0.29, 0.717) is 19.0 Å². The van der Waals surface area contributed by atoms with Crippen LogP contribution in [0.5, 0.6) is 0 Å². The fraction of sp³-hybridized carbons (Fsp3) is 0.188. The second-order valence-electron chi connectivity index (χ2n) is 5.15. The summed E-state index contributed by atoms with van der Waals surface area (Å²) < 4.78 is 6.77. The van der Waals surface area contributed by atoms with Crippen molar-refractivity contribution in [3.63, 3.8) is 0 Å². The van der Waals surface area contributed by atoms with Gasteiger partial charge in [0, 0.05) is 31.0 Å². The van der Waals surface area contributed by atoms with E-state index in [1.54, 1.807) is 17.8 Å². The lowest BCUT2D eigenvalue weighted by Gasteiger charge is -2.06. The zero-order chi connectivity index (χ0) is 16.9. The molecule has 3 rings (SSSR count). The van der Waals surface area contributed by atoms with Gasteiger partial charge in [-0.2, -0.15) is 10.2 Å². The Balaban J connectivity index is 1.92. The molecule has 2 aromatic heterocycles. The van der Waals surface area contributed by atoms with Gasteiger partial charge in [-0.15, -0.1) is 0 Å². The molecule has 1 aromatic carbocycles. The molecule has 0 aliphatic heterocycles. The van der Waals surface area contributed by atoms with Gasteiger partial charge in [-0.05, 0) is 11.6 Å². The van der Waals surface area contributed by atoms with Crippen LogP contribution in [-0.4, -0.2) is 40.7 Å². The Morgan fingerprint density at radius 2 is 2.08 bits per heavy atom.